The summed E-state index contributed by atoms with van der Waals surface area (Å²) in [4.78, 5) is 0. The van der Waals surface area contributed by atoms with Gasteiger partial charge in [-0.25, -0.2) is 4.21 Å². The number of hydrogen-bond acceptors (Lipinski definition) is 2. The quantitative estimate of drug-likeness (QED) is 0.657. The molecule has 0 radical (unpaired) electrons. The highest BCUT2D eigenvalue weighted by Gasteiger charge is 2.46. The normalized spacial score (nSPS) is 28.0. The Kier molecular flexibility index (Phi) is 4.39. The average Bonchev–Trinajstić information content (AvgIpc) is 3.17. The van der Waals surface area contributed by atoms with Crippen molar-refractivity contribution in [2.24, 2.45) is 17.8 Å². The average molecular weight is 347 g/mol. The molecule has 0 spiro atoms. The van der Waals surface area contributed by atoms with Crippen LogP contribution in [-0.4, -0.2) is 8.96 Å². The molecule has 0 amide bonds. The molecule has 0 aliphatic heterocycles. The molecule has 124 valence electrons. The van der Waals surface area contributed by atoms with E-state index in [-0.39, 0.29) is 9.49 Å². The van der Waals surface area contributed by atoms with Gasteiger partial charge in [0.05, 0.1) is 14.6 Å². The summed E-state index contributed by atoms with van der Waals surface area (Å²) in [5.74, 6) is 2.21. The van der Waals surface area contributed by atoms with Crippen LogP contribution in [0.15, 0.2) is 54.1 Å². The van der Waals surface area contributed by atoms with E-state index in [1.54, 1.807) is 10.8 Å². The molecule has 2 aliphatic rings. The highest BCUT2D eigenvalue weighted by Crippen LogP contribution is 2.53. The van der Waals surface area contributed by atoms with Gasteiger partial charge in [-0.3, -0.25) is 0 Å². The lowest BCUT2D eigenvalue weighted by atomic mass is 9.96. The van der Waals surface area contributed by atoms with E-state index >= 15 is 0 Å². The Morgan fingerprint density at radius 1 is 1.04 bits per heavy atom. The Labute approximate surface area is 146 Å². The standard InChI is InChI=1S/C20H26OS2/c1-14-17-12-11-16(13-18(14)17)19(2,3)22-23(21)20(4,5)15-9-7-6-8-10-15/h6-14,17-18H,1-5H3/t14?,17?,18?,23-/m0/s1. The van der Waals surface area contributed by atoms with E-state index < -0.39 is 9.83 Å². The number of rotatable bonds is 5. The van der Waals surface area contributed by atoms with Crippen LogP contribution in [0.1, 0.15) is 40.2 Å². The lowest BCUT2D eigenvalue weighted by Crippen LogP contribution is -2.27. The molecule has 1 aromatic carbocycles. The van der Waals surface area contributed by atoms with Gasteiger partial charge in [0.1, 0.15) is 0 Å². The maximum absolute atomic E-state index is 13.1. The van der Waals surface area contributed by atoms with Crippen LogP contribution in [0.3, 0.4) is 0 Å². The van der Waals surface area contributed by atoms with Crippen molar-refractivity contribution in [3.63, 3.8) is 0 Å². The van der Waals surface area contributed by atoms with Gasteiger partial charge in [0.2, 0.25) is 0 Å². The van der Waals surface area contributed by atoms with Crippen molar-refractivity contribution in [2.75, 3.05) is 0 Å². The van der Waals surface area contributed by atoms with Crippen LogP contribution < -0.4 is 0 Å². The minimum Gasteiger partial charge on any atom is -0.247 e. The predicted molar refractivity (Wildman–Crippen MR) is 103 cm³/mol. The van der Waals surface area contributed by atoms with Crippen molar-refractivity contribution in [3.8, 4) is 0 Å². The lowest BCUT2D eigenvalue weighted by Gasteiger charge is -2.31. The monoisotopic (exact) mass is 346 g/mol. The minimum atomic E-state index is -1.02. The van der Waals surface area contributed by atoms with Crippen molar-refractivity contribution in [1.82, 2.24) is 0 Å². The van der Waals surface area contributed by atoms with E-state index in [0.29, 0.717) is 5.92 Å². The van der Waals surface area contributed by atoms with E-state index in [1.165, 1.54) is 5.57 Å². The predicted octanol–water partition coefficient (Wildman–Crippen LogP) is 5.48. The summed E-state index contributed by atoms with van der Waals surface area (Å²) in [5, 5.41) is 0. The molecular weight excluding hydrogens is 320 g/mol. The van der Waals surface area contributed by atoms with Gasteiger partial charge >= 0.3 is 0 Å². The summed E-state index contributed by atoms with van der Waals surface area (Å²) < 4.78 is 12.6. The zero-order valence-electron chi connectivity index (χ0n) is 14.6. The van der Waals surface area contributed by atoms with Gasteiger partial charge in [-0.1, -0.05) is 55.5 Å². The number of hydrogen-bond donors (Lipinski definition) is 0. The molecule has 1 aromatic rings. The van der Waals surface area contributed by atoms with E-state index in [0.717, 1.165) is 17.4 Å². The molecule has 0 heterocycles. The molecule has 1 fully saturated rings. The Balaban J connectivity index is 1.77. The summed E-state index contributed by atoms with van der Waals surface area (Å²) in [6, 6.07) is 10.2. The van der Waals surface area contributed by atoms with Gasteiger partial charge < -0.3 is 0 Å². The van der Waals surface area contributed by atoms with Crippen molar-refractivity contribution < 1.29 is 4.21 Å². The van der Waals surface area contributed by atoms with Crippen LogP contribution in [0.4, 0.5) is 0 Å². The van der Waals surface area contributed by atoms with Crippen LogP contribution in [0, 0.1) is 17.8 Å². The fourth-order valence-electron chi connectivity index (χ4n) is 3.25. The van der Waals surface area contributed by atoms with Gasteiger partial charge in [0.15, 0.2) is 0 Å². The second-order valence-corrected chi connectivity index (χ2v) is 11.8. The third-order valence-corrected chi connectivity index (χ3v) is 10.1. The lowest BCUT2D eigenvalue weighted by molar-refractivity contribution is 0.654. The van der Waals surface area contributed by atoms with Crippen LogP contribution in [0.5, 0.6) is 0 Å². The van der Waals surface area contributed by atoms with Gasteiger partial charge in [-0.15, -0.1) is 0 Å². The van der Waals surface area contributed by atoms with Gasteiger partial charge in [-0.05, 0) is 67.4 Å². The molecule has 4 atom stereocenters. The second-order valence-electron chi connectivity index (χ2n) is 7.70. The maximum atomic E-state index is 13.1. The highest BCUT2D eigenvalue weighted by molar-refractivity contribution is 8.70. The number of benzene rings is 1. The van der Waals surface area contributed by atoms with Crippen LogP contribution in [0.2, 0.25) is 0 Å². The van der Waals surface area contributed by atoms with E-state index in [1.807, 2.05) is 18.2 Å². The maximum Gasteiger partial charge on any atom is 0.0914 e. The second kappa shape index (κ2) is 5.93. The molecule has 0 aromatic heterocycles. The van der Waals surface area contributed by atoms with Gasteiger partial charge in [0, 0.05) is 4.75 Å². The van der Waals surface area contributed by atoms with E-state index in [4.69, 9.17) is 0 Å². The summed E-state index contributed by atoms with van der Waals surface area (Å²) in [6.45, 7) is 10.9. The summed E-state index contributed by atoms with van der Waals surface area (Å²) in [7, 11) is 0.568. The summed E-state index contributed by atoms with van der Waals surface area (Å²) in [5.41, 5.74) is 2.45. The molecule has 3 heteroatoms. The molecule has 3 rings (SSSR count). The van der Waals surface area contributed by atoms with Crippen molar-refractivity contribution in [2.45, 2.75) is 44.1 Å². The molecule has 0 bridgehead atoms. The first-order valence-electron chi connectivity index (χ1n) is 8.31. The highest BCUT2D eigenvalue weighted by atomic mass is 33.1. The van der Waals surface area contributed by atoms with Crippen molar-refractivity contribution in [3.05, 3.63) is 59.7 Å². The Morgan fingerprint density at radius 3 is 2.30 bits per heavy atom. The number of allylic oxidation sites excluding steroid dienone is 3. The fourth-order valence-corrected chi connectivity index (χ4v) is 6.73. The van der Waals surface area contributed by atoms with Crippen LogP contribution in [0.25, 0.3) is 0 Å². The molecule has 1 nitrogen and oxygen atoms in total. The first kappa shape index (κ1) is 17.0. The smallest absolute Gasteiger partial charge is 0.0914 e. The van der Waals surface area contributed by atoms with Crippen molar-refractivity contribution in [1.29, 1.82) is 0 Å². The van der Waals surface area contributed by atoms with Crippen LogP contribution >= 0.6 is 10.8 Å². The van der Waals surface area contributed by atoms with Gasteiger partial charge in [-0.2, -0.15) is 0 Å². The molecular formula is C20H26OS2. The Bertz CT molecular complexity index is 670. The molecule has 3 unspecified atom stereocenters. The molecule has 1 saturated carbocycles. The van der Waals surface area contributed by atoms with Crippen LogP contribution in [-0.2, 0) is 14.6 Å². The van der Waals surface area contributed by atoms with E-state index in [9.17, 15) is 4.21 Å². The Hall–Kier alpha value is -0.800. The molecule has 0 saturated heterocycles. The largest absolute Gasteiger partial charge is 0.247 e. The molecule has 23 heavy (non-hydrogen) atoms. The Morgan fingerprint density at radius 2 is 1.70 bits per heavy atom. The minimum absolute atomic E-state index is 0.138. The van der Waals surface area contributed by atoms with Gasteiger partial charge in [0.25, 0.3) is 0 Å². The third kappa shape index (κ3) is 3.23. The topological polar surface area (TPSA) is 17.1 Å². The zero-order valence-corrected chi connectivity index (χ0v) is 16.2. The van der Waals surface area contributed by atoms with Crippen molar-refractivity contribution >= 4 is 20.6 Å². The first-order valence-corrected chi connectivity index (χ1v) is 10.8. The fraction of sp³-hybridized carbons (Fsp3) is 0.500. The third-order valence-electron chi connectivity index (χ3n) is 5.25. The SMILES string of the molecule is CC1C2C=CC(C(C)(C)S[S@](=O)C(C)(C)c3ccccc3)=CC12. The summed E-state index contributed by atoms with van der Waals surface area (Å²) >= 11 is 0. The molecule has 0 N–H and O–H groups in total. The number of fused-ring (bicyclic) bond motifs is 1. The summed E-state index contributed by atoms with van der Waals surface area (Å²) in [6.07, 6.45) is 7.01. The van der Waals surface area contributed by atoms with E-state index in [2.05, 4.69) is 65.0 Å². The molecule has 2 aliphatic carbocycles. The zero-order chi connectivity index (χ0) is 16.8. The first-order chi connectivity index (χ1) is 10.7.